The van der Waals surface area contributed by atoms with E-state index in [-0.39, 0.29) is 6.04 Å². The third-order valence-electron chi connectivity index (χ3n) is 10.0. The highest BCUT2D eigenvalue weighted by atomic mass is 32.1. The zero-order valence-electron chi connectivity index (χ0n) is 24.8. The summed E-state index contributed by atoms with van der Waals surface area (Å²) in [5.74, 6) is 0. The van der Waals surface area contributed by atoms with Crippen LogP contribution in [0.3, 0.4) is 0 Å². The van der Waals surface area contributed by atoms with Gasteiger partial charge in [-0.25, -0.2) is 0 Å². The van der Waals surface area contributed by atoms with Gasteiger partial charge in [-0.1, -0.05) is 91.0 Å². The third-order valence-corrected chi connectivity index (χ3v) is 11.2. The lowest BCUT2D eigenvalue weighted by atomic mass is 9.91. The topological polar surface area (TPSA) is 11.2 Å². The van der Waals surface area contributed by atoms with Gasteiger partial charge in [0.2, 0.25) is 17.1 Å². The van der Waals surface area contributed by atoms with Crippen molar-refractivity contribution in [3.63, 3.8) is 0 Å². The number of rotatable bonds is 2. The molecule has 1 unspecified atom stereocenters. The number of para-hydroxylation sites is 4. The summed E-state index contributed by atoms with van der Waals surface area (Å²) in [6.45, 7) is 0. The molecule has 0 spiro atoms. The molecule has 3 aliphatic rings. The highest BCUT2D eigenvalue weighted by Crippen LogP contribution is 2.54. The predicted octanol–water partition coefficient (Wildman–Crippen LogP) is 10.9. The van der Waals surface area contributed by atoms with Gasteiger partial charge in [-0.05, 0) is 42.0 Å². The lowest BCUT2D eigenvalue weighted by molar-refractivity contribution is 0.931. The molecule has 0 fully saturated rings. The van der Waals surface area contributed by atoms with Crippen LogP contribution in [0.4, 0.5) is 22.7 Å². The van der Waals surface area contributed by atoms with E-state index in [0.717, 1.165) is 0 Å². The van der Waals surface area contributed by atoms with Gasteiger partial charge in [0.25, 0.3) is 0 Å². The normalized spacial score (nSPS) is 16.4. The Morgan fingerprint density at radius 3 is 2.28 bits per heavy atom. The van der Waals surface area contributed by atoms with Crippen LogP contribution >= 0.6 is 11.3 Å². The van der Waals surface area contributed by atoms with Crippen molar-refractivity contribution in [1.29, 1.82) is 0 Å². The molecular formula is C42H26N3S+. The molecule has 0 saturated carbocycles. The largest absolute Gasteiger partial charge is 0.318 e. The van der Waals surface area contributed by atoms with E-state index in [1.807, 2.05) is 11.3 Å². The summed E-state index contributed by atoms with van der Waals surface area (Å²) in [6.07, 6.45) is 6.86. The fourth-order valence-corrected chi connectivity index (χ4v) is 9.38. The first-order chi connectivity index (χ1) is 22.8. The number of hydrogen-bond acceptors (Lipinski definition) is 2. The zero-order valence-corrected chi connectivity index (χ0v) is 25.6. The third kappa shape index (κ3) is 3.09. The molecule has 0 radical (unpaired) electrons. The summed E-state index contributed by atoms with van der Waals surface area (Å²) >= 11 is 1.89. The molecule has 0 saturated heterocycles. The summed E-state index contributed by atoms with van der Waals surface area (Å²) < 4.78 is 7.60. The molecule has 8 aromatic rings. The van der Waals surface area contributed by atoms with Crippen LogP contribution < -0.4 is 9.48 Å². The van der Waals surface area contributed by atoms with Gasteiger partial charge >= 0.3 is 0 Å². The Bertz CT molecular complexity index is 2700. The van der Waals surface area contributed by atoms with E-state index in [9.17, 15) is 0 Å². The van der Waals surface area contributed by atoms with Crippen LogP contribution in [0.2, 0.25) is 0 Å². The summed E-state index contributed by atoms with van der Waals surface area (Å²) in [5, 5.41) is 5.21. The molecule has 11 rings (SSSR count). The molecule has 6 aromatic carbocycles. The number of fused-ring (bicyclic) bond motifs is 11. The number of thiophene rings is 1. The van der Waals surface area contributed by atoms with Gasteiger partial charge in [-0.2, -0.15) is 4.58 Å². The van der Waals surface area contributed by atoms with Gasteiger partial charge in [-0.15, -0.1) is 11.3 Å². The average molecular weight is 605 g/mol. The maximum Gasteiger partial charge on any atom is 0.235 e. The number of nitrogens with zero attached hydrogens (tertiary/aromatic N) is 3. The van der Waals surface area contributed by atoms with Gasteiger partial charge in [0.1, 0.15) is 11.7 Å². The molecule has 0 N–H and O–H groups in total. The smallest absolute Gasteiger partial charge is 0.235 e. The average Bonchev–Trinajstić information content (AvgIpc) is 3.76. The maximum absolute atomic E-state index is 2.58. The van der Waals surface area contributed by atoms with Crippen molar-refractivity contribution in [3.8, 4) is 5.69 Å². The van der Waals surface area contributed by atoms with Crippen molar-refractivity contribution in [2.24, 2.45) is 0 Å². The monoisotopic (exact) mass is 604 g/mol. The van der Waals surface area contributed by atoms with Crippen molar-refractivity contribution < 1.29 is 0 Å². The van der Waals surface area contributed by atoms with Crippen LogP contribution in [0.1, 0.15) is 5.56 Å². The van der Waals surface area contributed by atoms with E-state index in [2.05, 4.69) is 166 Å². The van der Waals surface area contributed by atoms with Crippen molar-refractivity contribution in [2.45, 2.75) is 6.04 Å². The lowest BCUT2D eigenvalue weighted by Crippen LogP contribution is -2.43. The number of aromatic nitrogens is 1. The lowest BCUT2D eigenvalue weighted by Gasteiger charge is -2.32. The minimum Gasteiger partial charge on any atom is -0.318 e. The Balaban J connectivity index is 1.23. The minimum absolute atomic E-state index is 0.104. The Hall–Kier alpha value is -5.71. The molecule has 3 nitrogen and oxygen atoms in total. The minimum atomic E-state index is 0.104. The Morgan fingerprint density at radius 2 is 1.35 bits per heavy atom. The van der Waals surface area contributed by atoms with E-state index in [1.165, 1.54) is 87.3 Å². The van der Waals surface area contributed by atoms with Crippen molar-refractivity contribution >= 4 is 87.3 Å². The second-order valence-electron chi connectivity index (χ2n) is 12.3. The van der Waals surface area contributed by atoms with Gasteiger partial charge < -0.3 is 9.47 Å². The predicted molar refractivity (Wildman–Crippen MR) is 196 cm³/mol. The molecule has 46 heavy (non-hydrogen) atoms. The summed E-state index contributed by atoms with van der Waals surface area (Å²) in [4.78, 5) is 2.58. The van der Waals surface area contributed by atoms with E-state index < -0.39 is 0 Å². The van der Waals surface area contributed by atoms with Crippen LogP contribution in [0.25, 0.3) is 53.2 Å². The Kier molecular flexibility index (Phi) is 4.78. The van der Waals surface area contributed by atoms with Crippen molar-refractivity contribution in [1.82, 2.24) is 9.14 Å². The summed E-state index contributed by atoms with van der Waals surface area (Å²) in [5.41, 5.74) is 12.5. The van der Waals surface area contributed by atoms with Gasteiger partial charge in [0.15, 0.2) is 0 Å². The van der Waals surface area contributed by atoms with Gasteiger partial charge in [0.05, 0.1) is 27.1 Å². The Labute approximate surface area is 269 Å². The fourth-order valence-electron chi connectivity index (χ4n) is 8.17. The molecule has 0 bridgehead atoms. The van der Waals surface area contributed by atoms with Crippen LogP contribution in [-0.2, 0) is 0 Å². The van der Waals surface area contributed by atoms with Crippen LogP contribution in [-0.4, -0.2) is 16.3 Å². The van der Waals surface area contributed by atoms with Gasteiger partial charge in [-0.3, -0.25) is 0 Å². The molecular weight excluding hydrogens is 579 g/mol. The quantitative estimate of drug-likeness (QED) is 0.179. The highest BCUT2D eigenvalue weighted by molar-refractivity contribution is 7.26. The zero-order chi connectivity index (χ0) is 29.9. The number of anilines is 2. The molecule has 1 aliphatic carbocycles. The van der Waals surface area contributed by atoms with E-state index in [4.69, 9.17) is 0 Å². The molecule has 2 aliphatic heterocycles. The second kappa shape index (κ2) is 8.94. The molecule has 1 atom stereocenters. The molecule has 4 heterocycles. The summed E-state index contributed by atoms with van der Waals surface area (Å²) in [6, 6.07) is 49.1. The first-order valence-corrected chi connectivity index (χ1v) is 16.6. The molecule has 214 valence electrons. The van der Waals surface area contributed by atoms with Crippen molar-refractivity contribution in [3.05, 3.63) is 157 Å². The second-order valence-corrected chi connectivity index (χ2v) is 13.4. The molecule has 0 amide bonds. The van der Waals surface area contributed by atoms with Crippen LogP contribution in [0.5, 0.6) is 0 Å². The first-order valence-electron chi connectivity index (χ1n) is 15.8. The van der Waals surface area contributed by atoms with Crippen LogP contribution in [0.15, 0.2) is 152 Å². The first kappa shape index (κ1) is 24.6. The molecule has 4 heteroatoms. The fraction of sp³-hybridized carbons (Fsp3) is 0.0238. The van der Waals surface area contributed by atoms with Crippen molar-refractivity contribution in [2.75, 3.05) is 4.90 Å². The van der Waals surface area contributed by atoms with E-state index in [0.29, 0.717) is 0 Å². The van der Waals surface area contributed by atoms with Crippen LogP contribution in [0, 0.1) is 0 Å². The Morgan fingerprint density at radius 1 is 0.587 bits per heavy atom. The summed E-state index contributed by atoms with van der Waals surface area (Å²) in [7, 11) is 0. The van der Waals surface area contributed by atoms with E-state index in [1.54, 1.807) is 0 Å². The maximum atomic E-state index is 2.58. The molecule has 2 aromatic heterocycles. The number of benzene rings is 6. The van der Waals surface area contributed by atoms with Gasteiger partial charge in [0, 0.05) is 56.1 Å². The highest BCUT2D eigenvalue weighted by Gasteiger charge is 2.48. The SMILES string of the molecule is C1=CC2=[N+](c3ccccc3)c3ccccc3N3c4cc5c(cc4C(=C1)C23)c1ccccc1n5-c1cccc2c1sc1ccccc12. The standard InChI is InChI=1S/C42H26N3S/c1-2-12-26(13-3-1)43-34-19-7-8-20-35(34)45-39-25-38-31(24-32(39)29-16-10-21-36(43)41(29)45)27-14-4-6-18-33(27)44(38)37-22-11-17-30-28-15-5-9-23-40(28)46-42(30)37/h1-25,41H/q+1. The number of allylic oxidation sites excluding steroid dienone is 2. The number of hydrogen-bond donors (Lipinski definition) is 0. The van der Waals surface area contributed by atoms with E-state index >= 15 is 0 Å².